The summed E-state index contributed by atoms with van der Waals surface area (Å²) in [4.78, 5) is 49.2. The zero-order valence-corrected chi connectivity index (χ0v) is 24.8. The van der Waals surface area contributed by atoms with Crippen molar-refractivity contribution in [3.8, 4) is 11.3 Å². The fourth-order valence-corrected chi connectivity index (χ4v) is 5.92. The molecule has 0 bridgehead atoms. The van der Waals surface area contributed by atoms with E-state index in [-0.39, 0.29) is 54.3 Å². The Morgan fingerprint density at radius 1 is 1.09 bits per heavy atom. The Labute approximate surface area is 247 Å². The summed E-state index contributed by atoms with van der Waals surface area (Å²) in [6.45, 7) is 1.01. The molecule has 1 fully saturated rings. The summed E-state index contributed by atoms with van der Waals surface area (Å²) in [5, 5.41) is 15.2. The minimum Gasteiger partial charge on any atom is -0.481 e. The number of halogens is 1. The van der Waals surface area contributed by atoms with Crippen LogP contribution < -0.4 is 15.0 Å². The number of carbonyl (C=O) groups excluding carboxylic acids is 3. The van der Waals surface area contributed by atoms with Gasteiger partial charge in [0.25, 0.3) is 11.8 Å². The van der Waals surface area contributed by atoms with Crippen LogP contribution in [0, 0.1) is 5.82 Å². The van der Waals surface area contributed by atoms with Gasteiger partial charge in [0.05, 0.1) is 24.1 Å². The third-order valence-electron chi connectivity index (χ3n) is 6.97. The summed E-state index contributed by atoms with van der Waals surface area (Å²) >= 11 is 0. The Hall–Kier alpha value is -4.46. The molecule has 2 aromatic carbocycles. The number of rotatable bonds is 13. The first-order valence-electron chi connectivity index (χ1n) is 13.7. The molecule has 1 saturated carbocycles. The molecule has 43 heavy (non-hydrogen) atoms. The Morgan fingerprint density at radius 2 is 1.77 bits per heavy atom. The number of nitrogens with zero attached hydrogens (tertiary/aromatic N) is 2. The molecule has 1 aromatic heterocycles. The predicted molar refractivity (Wildman–Crippen MR) is 156 cm³/mol. The van der Waals surface area contributed by atoms with Crippen LogP contribution in [0.25, 0.3) is 22.3 Å². The van der Waals surface area contributed by atoms with Crippen LogP contribution in [0.1, 0.15) is 60.9 Å². The Bertz CT molecular complexity index is 1670. The Kier molecular flexibility index (Phi) is 9.38. The van der Waals surface area contributed by atoms with Crippen LogP contribution in [0.15, 0.2) is 40.8 Å². The molecular weight excluding hydrogens is 583 g/mol. The second-order valence-corrected chi connectivity index (χ2v) is 12.0. The van der Waals surface area contributed by atoms with Crippen LogP contribution in [0.3, 0.4) is 0 Å². The molecule has 0 atom stereocenters. The van der Waals surface area contributed by atoms with Gasteiger partial charge in [0.1, 0.15) is 17.2 Å². The highest BCUT2D eigenvalue weighted by atomic mass is 32.2. The molecule has 12 nitrogen and oxygen atoms in total. The second-order valence-electron chi connectivity index (χ2n) is 10.2. The molecule has 1 aliphatic carbocycles. The average Bonchev–Trinajstić information content (AvgIpc) is 3.73. The van der Waals surface area contributed by atoms with Crippen molar-refractivity contribution in [2.24, 2.45) is 0 Å². The second kappa shape index (κ2) is 12.8. The predicted octanol–water partition coefficient (Wildman–Crippen LogP) is 3.38. The number of furan rings is 1. The largest absolute Gasteiger partial charge is 0.481 e. The molecule has 0 saturated heterocycles. The van der Waals surface area contributed by atoms with E-state index >= 15 is 0 Å². The van der Waals surface area contributed by atoms with E-state index < -0.39 is 46.1 Å². The molecule has 0 unspecified atom stereocenters. The number of aliphatic carboxylic acids is 1. The van der Waals surface area contributed by atoms with E-state index in [4.69, 9.17) is 9.52 Å². The lowest BCUT2D eigenvalue weighted by Crippen LogP contribution is -2.52. The number of hydrogen-bond donors (Lipinski definition) is 3. The number of fused-ring (bicyclic) bond motifs is 1. The zero-order valence-electron chi connectivity index (χ0n) is 24.0. The lowest BCUT2D eigenvalue weighted by atomic mass is 10.0. The first-order chi connectivity index (χ1) is 20.3. The van der Waals surface area contributed by atoms with Crippen LogP contribution in [0.4, 0.5) is 10.1 Å². The molecule has 1 heterocycles. The molecular formula is C29H33FN4O8S. The van der Waals surface area contributed by atoms with Gasteiger partial charge in [0.2, 0.25) is 15.9 Å². The van der Waals surface area contributed by atoms with Crippen LogP contribution in [-0.4, -0.2) is 68.6 Å². The summed E-state index contributed by atoms with van der Waals surface area (Å²) < 4.78 is 47.1. The fourth-order valence-electron chi connectivity index (χ4n) is 4.84. The van der Waals surface area contributed by atoms with Crippen molar-refractivity contribution in [2.75, 3.05) is 30.8 Å². The summed E-state index contributed by atoms with van der Waals surface area (Å²) in [7, 11) is -2.65. The maximum atomic E-state index is 13.6. The number of benzene rings is 2. The van der Waals surface area contributed by atoms with Gasteiger partial charge < -0.3 is 20.2 Å². The van der Waals surface area contributed by atoms with Gasteiger partial charge in [-0.1, -0.05) is 0 Å². The van der Waals surface area contributed by atoms with E-state index in [9.17, 15) is 32.0 Å². The number of hydrogen-bond acceptors (Lipinski definition) is 7. The molecule has 4 rings (SSSR count). The van der Waals surface area contributed by atoms with E-state index in [0.29, 0.717) is 16.5 Å². The summed E-state index contributed by atoms with van der Waals surface area (Å²) in [6.07, 6.45) is 2.27. The minimum absolute atomic E-state index is 0.0342. The number of carboxylic acid groups (broad SMARTS) is 1. The van der Waals surface area contributed by atoms with E-state index in [0.717, 1.165) is 28.5 Å². The summed E-state index contributed by atoms with van der Waals surface area (Å²) in [5.74, 6) is -3.07. The van der Waals surface area contributed by atoms with Crippen LogP contribution in [0.2, 0.25) is 0 Å². The van der Waals surface area contributed by atoms with Crippen molar-refractivity contribution in [1.29, 1.82) is 0 Å². The van der Waals surface area contributed by atoms with E-state index in [1.54, 1.807) is 13.0 Å². The number of hydrazine groups is 1. The lowest BCUT2D eigenvalue weighted by Gasteiger charge is -2.35. The van der Waals surface area contributed by atoms with E-state index in [1.165, 1.54) is 37.4 Å². The van der Waals surface area contributed by atoms with Crippen molar-refractivity contribution in [3.05, 3.63) is 53.3 Å². The normalized spacial score (nSPS) is 13.0. The maximum Gasteiger partial charge on any atom is 0.303 e. The third-order valence-corrected chi connectivity index (χ3v) is 8.00. The van der Waals surface area contributed by atoms with Gasteiger partial charge in [0.15, 0.2) is 0 Å². The number of nitrogens with one attached hydrogen (secondary N) is 2. The van der Waals surface area contributed by atoms with Crippen molar-refractivity contribution in [2.45, 2.75) is 44.9 Å². The van der Waals surface area contributed by atoms with Gasteiger partial charge in [-0.25, -0.2) is 17.8 Å². The number of amides is 3. The third kappa shape index (κ3) is 7.13. The van der Waals surface area contributed by atoms with Crippen molar-refractivity contribution in [1.82, 2.24) is 15.6 Å². The minimum atomic E-state index is -4.12. The Balaban J connectivity index is 1.78. The zero-order chi connectivity index (χ0) is 31.5. The van der Waals surface area contributed by atoms with Crippen LogP contribution in [0.5, 0.6) is 0 Å². The van der Waals surface area contributed by atoms with Crippen molar-refractivity contribution < 1.29 is 41.5 Å². The van der Waals surface area contributed by atoms with Gasteiger partial charge in [-0.15, -0.1) is 0 Å². The van der Waals surface area contributed by atoms with Gasteiger partial charge in [-0.2, -0.15) is 4.41 Å². The Morgan fingerprint density at radius 3 is 2.33 bits per heavy atom. The molecule has 0 aliphatic heterocycles. The molecule has 3 aromatic rings. The first-order valence-corrected chi connectivity index (χ1v) is 15.6. The number of carbonyl (C=O) groups is 4. The number of sulfonamides is 1. The monoisotopic (exact) mass is 616 g/mol. The highest BCUT2D eigenvalue weighted by Crippen LogP contribution is 2.48. The highest BCUT2D eigenvalue weighted by Gasteiger charge is 2.36. The number of carboxylic acids is 1. The molecule has 1 aliphatic rings. The standard InChI is InChI=1S/C29H33FN4O8S/c1-4-33(25(36)16-32-24(35)6-5-7-26(37)38)34(43(3,40)41)22-15-23-21(14-20(22)17-8-9-17)27(29(39)31-2)28(42-23)18-10-12-19(30)13-11-18/h10-15,17H,4-9,16H2,1-3H3,(H,31,39)(H,32,35)(H,37,38). The van der Waals surface area contributed by atoms with Crippen LogP contribution >= 0.6 is 0 Å². The summed E-state index contributed by atoms with van der Waals surface area (Å²) in [5.41, 5.74) is 1.59. The maximum absolute atomic E-state index is 13.6. The first kappa shape index (κ1) is 31.5. The highest BCUT2D eigenvalue weighted by molar-refractivity contribution is 7.92. The quantitative estimate of drug-likeness (QED) is 0.246. The molecule has 0 radical (unpaired) electrons. The van der Waals surface area contributed by atoms with Crippen molar-refractivity contribution >= 4 is 50.4 Å². The van der Waals surface area contributed by atoms with Gasteiger partial charge >= 0.3 is 5.97 Å². The SMILES string of the molecule is CCN(C(=O)CNC(=O)CCCC(=O)O)N(c1cc2oc(-c3ccc(F)cc3)c(C(=O)NC)c2cc1C1CC1)S(C)(=O)=O. The average molecular weight is 617 g/mol. The summed E-state index contributed by atoms with van der Waals surface area (Å²) in [6, 6.07) is 8.58. The fraction of sp³-hybridized carbons (Fsp3) is 0.379. The van der Waals surface area contributed by atoms with E-state index in [2.05, 4.69) is 10.6 Å². The van der Waals surface area contributed by atoms with Gasteiger partial charge in [0, 0.05) is 43.5 Å². The smallest absolute Gasteiger partial charge is 0.303 e. The van der Waals surface area contributed by atoms with Crippen LogP contribution in [-0.2, 0) is 24.4 Å². The van der Waals surface area contributed by atoms with E-state index in [1.807, 2.05) is 0 Å². The molecule has 230 valence electrons. The van der Waals surface area contributed by atoms with Gasteiger partial charge in [-0.3, -0.25) is 19.2 Å². The number of likely N-dealkylation sites (N-methyl/N-ethyl adjacent to an activating group) is 1. The molecule has 3 amide bonds. The molecule has 0 spiro atoms. The topological polar surface area (TPSA) is 166 Å². The number of anilines is 1. The van der Waals surface area contributed by atoms with Gasteiger partial charge in [-0.05, 0) is 68.0 Å². The molecule has 14 heteroatoms. The lowest BCUT2D eigenvalue weighted by molar-refractivity contribution is -0.137. The molecule has 3 N–H and O–H groups in total. The van der Waals surface area contributed by atoms with Crippen molar-refractivity contribution in [3.63, 3.8) is 0 Å².